The Labute approximate surface area is 72.6 Å². The van der Waals surface area contributed by atoms with Gasteiger partial charge in [0.2, 0.25) is 0 Å². The maximum atomic E-state index is 9.69. The highest BCUT2D eigenvalue weighted by Gasteiger charge is 1.91. The van der Waals surface area contributed by atoms with Crippen LogP contribution in [0, 0.1) is 11.8 Å². The van der Waals surface area contributed by atoms with E-state index in [4.69, 9.17) is 0 Å². The van der Waals surface area contributed by atoms with E-state index >= 15 is 0 Å². The molecule has 0 aliphatic carbocycles. The molecule has 0 aliphatic heterocycles. The van der Waals surface area contributed by atoms with Gasteiger partial charge in [0, 0.05) is 6.20 Å². The van der Waals surface area contributed by atoms with Crippen LogP contribution in [0.15, 0.2) is 17.6 Å². The third-order valence-electron chi connectivity index (χ3n) is 1.18. The molecular formula is C8H15N3O. The van der Waals surface area contributed by atoms with Gasteiger partial charge in [-0.15, -0.1) is 0 Å². The summed E-state index contributed by atoms with van der Waals surface area (Å²) >= 11 is 0. The Morgan fingerprint density at radius 2 is 2.25 bits per heavy atom. The van der Waals surface area contributed by atoms with Gasteiger partial charge >= 0.3 is 0 Å². The van der Waals surface area contributed by atoms with Crippen LogP contribution in [0.25, 0.3) is 0 Å². The summed E-state index contributed by atoms with van der Waals surface area (Å²) < 4.78 is 1.71. The molecule has 0 amide bonds. The summed E-state index contributed by atoms with van der Waals surface area (Å²) in [4.78, 5) is 9.69. The Morgan fingerprint density at radius 1 is 1.58 bits per heavy atom. The molecule has 1 rings (SSSR count). The van der Waals surface area contributed by atoms with Crippen LogP contribution in [0.2, 0.25) is 0 Å². The van der Waals surface area contributed by atoms with Gasteiger partial charge in [-0.2, -0.15) is 10.0 Å². The lowest BCUT2D eigenvalue weighted by Gasteiger charge is -1.92. The largest absolute Gasteiger partial charge is 0.270 e. The second kappa shape index (κ2) is 6.52. The van der Waals surface area contributed by atoms with Crippen LogP contribution < -0.4 is 0 Å². The fraction of sp³-hybridized carbons (Fsp3) is 0.625. The average molecular weight is 169 g/mol. The molecule has 0 saturated heterocycles. The smallest absolute Gasteiger partial charge is 0.101 e. The van der Waals surface area contributed by atoms with E-state index in [2.05, 4.69) is 10.3 Å². The Hall–Kier alpha value is -1.19. The first-order valence-corrected chi connectivity index (χ1v) is 4.11. The van der Waals surface area contributed by atoms with E-state index < -0.39 is 0 Å². The third-order valence-corrected chi connectivity index (χ3v) is 1.18. The average Bonchev–Trinajstić information content (AvgIpc) is 2.51. The van der Waals surface area contributed by atoms with Gasteiger partial charge in [0.1, 0.15) is 6.54 Å². The van der Waals surface area contributed by atoms with Crippen molar-refractivity contribution >= 4 is 0 Å². The fourth-order valence-corrected chi connectivity index (χ4v) is 0.733. The molecule has 1 aromatic rings. The van der Waals surface area contributed by atoms with Crippen LogP contribution in [0.5, 0.6) is 0 Å². The number of nitrogens with zero attached hydrogens (tertiary/aromatic N) is 3. The van der Waals surface area contributed by atoms with Gasteiger partial charge in [0.05, 0.1) is 12.7 Å². The predicted octanol–water partition coefficient (Wildman–Crippen LogP) is 1.98. The first-order chi connectivity index (χ1) is 5.83. The minimum atomic E-state index is 0.293. The van der Waals surface area contributed by atoms with Crippen molar-refractivity contribution in [3.05, 3.63) is 22.9 Å². The van der Waals surface area contributed by atoms with E-state index in [1.54, 1.807) is 10.9 Å². The highest BCUT2D eigenvalue weighted by molar-refractivity contribution is 4.99. The summed E-state index contributed by atoms with van der Waals surface area (Å²) in [5, 5.41) is 6.70. The van der Waals surface area contributed by atoms with Crippen LogP contribution in [0.1, 0.15) is 19.4 Å². The van der Waals surface area contributed by atoms with Crippen molar-refractivity contribution in [2.24, 2.45) is 5.18 Å². The summed E-state index contributed by atoms with van der Waals surface area (Å²) in [6.07, 6.45) is 3.63. The van der Waals surface area contributed by atoms with Gasteiger partial charge in [0.25, 0.3) is 0 Å². The lowest BCUT2D eigenvalue weighted by molar-refractivity contribution is 0.624. The molecule has 0 spiro atoms. The monoisotopic (exact) mass is 169 g/mol. The minimum Gasteiger partial charge on any atom is -0.270 e. The number of hydrogen-bond donors (Lipinski definition) is 0. The van der Waals surface area contributed by atoms with Crippen molar-refractivity contribution in [2.75, 3.05) is 6.54 Å². The molecule has 0 saturated carbocycles. The molecule has 4 heteroatoms. The molecule has 0 bridgehead atoms. The number of hydrogen-bond acceptors (Lipinski definition) is 3. The quantitative estimate of drug-likeness (QED) is 0.649. The van der Waals surface area contributed by atoms with E-state index in [0.717, 1.165) is 5.56 Å². The van der Waals surface area contributed by atoms with Crippen LogP contribution in [-0.4, -0.2) is 16.3 Å². The number of aryl methyl sites for hydroxylation is 1. The maximum Gasteiger partial charge on any atom is 0.101 e. The molecule has 1 aromatic heterocycles. The maximum absolute atomic E-state index is 9.69. The Bertz CT molecular complexity index is 220. The normalized spacial score (nSPS) is 8.58. The topological polar surface area (TPSA) is 47.2 Å². The lowest BCUT2D eigenvalue weighted by atomic mass is 10.4. The van der Waals surface area contributed by atoms with E-state index in [9.17, 15) is 4.91 Å². The summed E-state index contributed by atoms with van der Waals surface area (Å²) in [7, 11) is 0. The molecule has 0 radical (unpaired) electrons. The summed E-state index contributed by atoms with van der Waals surface area (Å²) in [6, 6.07) is 0. The zero-order chi connectivity index (χ0) is 9.40. The molecule has 0 aromatic carbocycles. The Morgan fingerprint density at radius 3 is 2.67 bits per heavy atom. The minimum absolute atomic E-state index is 0.293. The first kappa shape index (κ1) is 10.8. The fourth-order valence-electron chi connectivity index (χ4n) is 0.733. The molecule has 12 heavy (non-hydrogen) atoms. The molecule has 0 fully saturated rings. The van der Waals surface area contributed by atoms with E-state index in [0.29, 0.717) is 13.1 Å². The number of rotatable bonds is 3. The SMILES string of the molecule is CC.Cc1cnn(CCN=O)c1. The number of aromatic nitrogens is 2. The van der Waals surface area contributed by atoms with Gasteiger partial charge in [-0.1, -0.05) is 19.0 Å². The molecule has 4 nitrogen and oxygen atoms in total. The van der Waals surface area contributed by atoms with Crippen molar-refractivity contribution in [3.8, 4) is 0 Å². The second-order valence-corrected chi connectivity index (χ2v) is 2.13. The predicted molar refractivity (Wildman–Crippen MR) is 49.0 cm³/mol. The molecule has 0 N–H and O–H groups in total. The van der Waals surface area contributed by atoms with Gasteiger partial charge in [0.15, 0.2) is 0 Å². The third kappa shape index (κ3) is 3.85. The zero-order valence-corrected chi connectivity index (χ0v) is 7.82. The van der Waals surface area contributed by atoms with Crippen LogP contribution in [0.4, 0.5) is 0 Å². The highest BCUT2D eigenvalue weighted by Crippen LogP contribution is 1.93. The summed E-state index contributed by atoms with van der Waals surface area (Å²) in [5.41, 5.74) is 1.10. The molecule has 0 atom stereocenters. The number of nitroso groups, excluding NO2 is 1. The van der Waals surface area contributed by atoms with Gasteiger partial charge in [-0.05, 0) is 12.5 Å². The zero-order valence-electron chi connectivity index (χ0n) is 7.82. The van der Waals surface area contributed by atoms with Crippen molar-refractivity contribution in [1.82, 2.24) is 9.78 Å². The Balaban J connectivity index is 0.000000561. The molecule has 1 heterocycles. The Kier molecular flexibility index (Phi) is 5.87. The molecule has 68 valence electrons. The van der Waals surface area contributed by atoms with Crippen LogP contribution in [0.3, 0.4) is 0 Å². The van der Waals surface area contributed by atoms with Gasteiger partial charge in [-0.3, -0.25) is 4.68 Å². The van der Waals surface area contributed by atoms with E-state index in [1.807, 2.05) is 27.0 Å². The van der Waals surface area contributed by atoms with Gasteiger partial charge in [-0.25, -0.2) is 0 Å². The molecule has 0 aliphatic rings. The highest BCUT2D eigenvalue weighted by atomic mass is 16.3. The first-order valence-electron chi connectivity index (χ1n) is 4.11. The standard InChI is InChI=1S/C6H9N3O.C2H6/c1-6-4-7-9(5-6)3-2-8-10;1-2/h4-5H,2-3H2,1H3;1-2H3. The van der Waals surface area contributed by atoms with E-state index in [-0.39, 0.29) is 0 Å². The second-order valence-electron chi connectivity index (χ2n) is 2.13. The lowest BCUT2D eigenvalue weighted by Crippen LogP contribution is -2.00. The summed E-state index contributed by atoms with van der Waals surface area (Å²) in [5.74, 6) is 0. The van der Waals surface area contributed by atoms with Gasteiger partial charge < -0.3 is 0 Å². The van der Waals surface area contributed by atoms with Crippen molar-refractivity contribution in [1.29, 1.82) is 0 Å². The molecular weight excluding hydrogens is 154 g/mol. The van der Waals surface area contributed by atoms with Crippen molar-refractivity contribution < 1.29 is 0 Å². The van der Waals surface area contributed by atoms with Crippen molar-refractivity contribution in [3.63, 3.8) is 0 Å². The summed E-state index contributed by atoms with van der Waals surface area (Å²) in [6.45, 7) is 6.83. The van der Waals surface area contributed by atoms with Crippen LogP contribution in [-0.2, 0) is 6.54 Å². The van der Waals surface area contributed by atoms with E-state index in [1.165, 1.54) is 0 Å². The molecule has 0 unspecified atom stereocenters. The van der Waals surface area contributed by atoms with Crippen LogP contribution >= 0.6 is 0 Å². The van der Waals surface area contributed by atoms with Crippen molar-refractivity contribution in [2.45, 2.75) is 27.3 Å².